The van der Waals surface area contributed by atoms with E-state index in [0.29, 0.717) is 26.5 Å². The van der Waals surface area contributed by atoms with Crippen molar-refractivity contribution in [2.24, 2.45) is 0 Å². The highest BCUT2D eigenvalue weighted by molar-refractivity contribution is 8.00. The zero-order chi connectivity index (χ0) is 15.4. The lowest BCUT2D eigenvalue weighted by Gasteiger charge is -2.13. The highest BCUT2D eigenvalue weighted by Crippen LogP contribution is 2.32. The van der Waals surface area contributed by atoms with Crippen LogP contribution in [0, 0.1) is 0 Å². The molecule has 5 heteroatoms. The Morgan fingerprint density at radius 2 is 1.67 bits per heavy atom. The molecule has 1 N–H and O–H groups in total. The van der Waals surface area contributed by atoms with E-state index in [1.165, 1.54) is 0 Å². The molecule has 0 radical (unpaired) electrons. The van der Waals surface area contributed by atoms with E-state index in [0.717, 1.165) is 4.90 Å². The van der Waals surface area contributed by atoms with Crippen molar-refractivity contribution in [3.8, 4) is 0 Å². The quantitative estimate of drug-likeness (QED) is 0.719. The third kappa shape index (κ3) is 4.16. The molecule has 0 atom stereocenters. The molecule has 0 aliphatic rings. The molecule has 21 heavy (non-hydrogen) atoms. The van der Waals surface area contributed by atoms with Gasteiger partial charge >= 0.3 is 0 Å². The second-order valence-corrected chi connectivity index (χ2v) is 7.15. The van der Waals surface area contributed by atoms with E-state index in [-0.39, 0.29) is 5.91 Å². The summed E-state index contributed by atoms with van der Waals surface area (Å²) in [7, 11) is 0. The van der Waals surface area contributed by atoms with Crippen LogP contribution in [-0.4, -0.2) is 11.2 Å². The summed E-state index contributed by atoms with van der Waals surface area (Å²) in [6.07, 6.45) is 0. The Hall–Kier alpha value is -1.16. The van der Waals surface area contributed by atoms with Crippen molar-refractivity contribution in [3.63, 3.8) is 0 Å². The fourth-order valence-electron chi connectivity index (χ4n) is 1.81. The summed E-state index contributed by atoms with van der Waals surface area (Å²) in [6.45, 7) is 4.18. The number of nitrogens with one attached hydrogen (secondary N) is 1. The molecule has 0 saturated carbocycles. The van der Waals surface area contributed by atoms with Crippen molar-refractivity contribution in [2.45, 2.75) is 24.0 Å². The van der Waals surface area contributed by atoms with Gasteiger partial charge in [0.15, 0.2) is 0 Å². The van der Waals surface area contributed by atoms with Gasteiger partial charge in [0, 0.05) is 10.1 Å². The average molecular weight is 340 g/mol. The Bertz CT molecular complexity index is 638. The predicted molar refractivity (Wildman–Crippen MR) is 91.9 cm³/mol. The van der Waals surface area contributed by atoms with Gasteiger partial charge in [-0.1, -0.05) is 55.2 Å². The first kappa shape index (κ1) is 16.2. The molecular weight excluding hydrogens is 325 g/mol. The molecule has 1 amide bonds. The fraction of sp³-hybridized carbons (Fsp3) is 0.188. The molecule has 2 nitrogen and oxygen atoms in total. The number of hydrogen-bond donors (Lipinski definition) is 1. The minimum Gasteiger partial charge on any atom is -0.319 e. The van der Waals surface area contributed by atoms with E-state index >= 15 is 0 Å². The van der Waals surface area contributed by atoms with Crippen LogP contribution in [0.1, 0.15) is 24.2 Å². The first-order chi connectivity index (χ1) is 9.99. The average Bonchev–Trinajstić information content (AvgIpc) is 2.43. The van der Waals surface area contributed by atoms with Crippen LogP contribution in [0.25, 0.3) is 0 Å². The summed E-state index contributed by atoms with van der Waals surface area (Å²) in [5, 5.41) is 4.03. The Morgan fingerprint density at radius 3 is 2.29 bits per heavy atom. The maximum absolute atomic E-state index is 12.5. The monoisotopic (exact) mass is 339 g/mol. The molecule has 0 saturated heterocycles. The van der Waals surface area contributed by atoms with Gasteiger partial charge in [0.1, 0.15) is 0 Å². The molecule has 110 valence electrons. The van der Waals surface area contributed by atoms with Gasteiger partial charge in [-0.3, -0.25) is 4.79 Å². The van der Waals surface area contributed by atoms with Crippen LogP contribution < -0.4 is 5.32 Å². The SMILES string of the molecule is CC(C)Sc1ccccc1C(=O)Nc1c(Cl)cccc1Cl. The summed E-state index contributed by atoms with van der Waals surface area (Å²) in [5.74, 6) is -0.214. The number of rotatable bonds is 4. The predicted octanol–water partition coefficient (Wildman–Crippen LogP) is 5.75. The summed E-state index contributed by atoms with van der Waals surface area (Å²) in [4.78, 5) is 13.4. The molecule has 0 unspecified atom stereocenters. The van der Waals surface area contributed by atoms with Gasteiger partial charge in [-0.05, 0) is 24.3 Å². The van der Waals surface area contributed by atoms with Crippen LogP contribution in [-0.2, 0) is 0 Å². The zero-order valence-electron chi connectivity index (χ0n) is 11.7. The molecular formula is C16H15Cl2NOS. The lowest BCUT2D eigenvalue weighted by atomic mass is 10.2. The molecule has 0 aromatic heterocycles. The first-order valence-corrected chi connectivity index (χ1v) is 8.13. The molecule has 0 fully saturated rings. The molecule has 0 bridgehead atoms. The van der Waals surface area contributed by atoms with Crippen molar-refractivity contribution in [1.29, 1.82) is 0 Å². The number of anilines is 1. The molecule has 0 heterocycles. The zero-order valence-corrected chi connectivity index (χ0v) is 14.0. The Balaban J connectivity index is 2.29. The Labute approximate surface area is 138 Å². The number of amides is 1. The van der Waals surface area contributed by atoms with Crippen molar-refractivity contribution < 1.29 is 4.79 Å². The minimum absolute atomic E-state index is 0.214. The topological polar surface area (TPSA) is 29.1 Å². The maximum Gasteiger partial charge on any atom is 0.256 e. The van der Waals surface area contributed by atoms with Crippen LogP contribution in [0.3, 0.4) is 0 Å². The van der Waals surface area contributed by atoms with Crippen LogP contribution in [0.5, 0.6) is 0 Å². The smallest absolute Gasteiger partial charge is 0.256 e. The summed E-state index contributed by atoms with van der Waals surface area (Å²) in [5.41, 5.74) is 1.06. The normalized spacial score (nSPS) is 10.7. The highest BCUT2D eigenvalue weighted by atomic mass is 35.5. The number of hydrogen-bond acceptors (Lipinski definition) is 2. The Morgan fingerprint density at radius 1 is 1.05 bits per heavy atom. The summed E-state index contributed by atoms with van der Waals surface area (Å²) >= 11 is 13.8. The van der Waals surface area contributed by atoms with Crippen LogP contribution in [0.4, 0.5) is 5.69 Å². The van der Waals surface area contributed by atoms with Crippen molar-refractivity contribution in [3.05, 3.63) is 58.1 Å². The number of benzene rings is 2. The Kier molecular flexibility index (Phi) is 5.57. The van der Waals surface area contributed by atoms with Gasteiger partial charge in [-0.2, -0.15) is 0 Å². The van der Waals surface area contributed by atoms with Crippen molar-refractivity contribution in [2.75, 3.05) is 5.32 Å². The van der Waals surface area contributed by atoms with Gasteiger partial charge in [0.25, 0.3) is 5.91 Å². The largest absolute Gasteiger partial charge is 0.319 e. The van der Waals surface area contributed by atoms with Crippen LogP contribution in [0.2, 0.25) is 10.0 Å². The second kappa shape index (κ2) is 7.21. The lowest BCUT2D eigenvalue weighted by molar-refractivity contribution is 0.102. The van der Waals surface area contributed by atoms with Gasteiger partial charge < -0.3 is 5.32 Å². The van der Waals surface area contributed by atoms with Gasteiger partial charge in [-0.15, -0.1) is 11.8 Å². The third-order valence-corrected chi connectivity index (χ3v) is 4.41. The number of halogens is 2. The molecule has 0 aliphatic carbocycles. The number of carbonyl (C=O) groups excluding carboxylic acids is 1. The van der Waals surface area contributed by atoms with E-state index in [9.17, 15) is 4.79 Å². The standard InChI is InChI=1S/C16H15Cl2NOS/c1-10(2)21-14-9-4-3-6-11(14)16(20)19-15-12(17)7-5-8-13(15)18/h3-10H,1-2H3,(H,19,20). The van der Waals surface area contributed by atoms with E-state index in [2.05, 4.69) is 19.2 Å². The number of para-hydroxylation sites is 1. The van der Waals surface area contributed by atoms with Crippen LogP contribution in [0.15, 0.2) is 47.4 Å². The number of thioether (sulfide) groups is 1. The maximum atomic E-state index is 12.5. The van der Waals surface area contributed by atoms with E-state index in [1.54, 1.807) is 36.0 Å². The molecule has 0 aliphatic heterocycles. The third-order valence-electron chi connectivity index (χ3n) is 2.70. The van der Waals surface area contributed by atoms with E-state index < -0.39 is 0 Å². The molecule has 0 spiro atoms. The number of carbonyl (C=O) groups is 1. The van der Waals surface area contributed by atoms with Crippen molar-refractivity contribution in [1.82, 2.24) is 0 Å². The molecule has 2 aromatic rings. The van der Waals surface area contributed by atoms with Crippen molar-refractivity contribution >= 4 is 46.6 Å². The van der Waals surface area contributed by atoms with E-state index in [4.69, 9.17) is 23.2 Å². The first-order valence-electron chi connectivity index (χ1n) is 6.50. The summed E-state index contributed by atoms with van der Waals surface area (Å²) < 4.78 is 0. The lowest BCUT2D eigenvalue weighted by Crippen LogP contribution is -2.14. The van der Waals surface area contributed by atoms with Gasteiger partial charge in [-0.25, -0.2) is 0 Å². The van der Waals surface area contributed by atoms with Gasteiger partial charge in [0.2, 0.25) is 0 Å². The van der Waals surface area contributed by atoms with Crippen LogP contribution >= 0.6 is 35.0 Å². The second-order valence-electron chi connectivity index (χ2n) is 4.71. The fourth-order valence-corrected chi connectivity index (χ4v) is 3.25. The van der Waals surface area contributed by atoms with E-state index in [1.807, 2.05) is 18.2 Å². The highest BCUT2D eigenvalue weighted by Gasteiger charge is 2.15. The molecule has 2 rings (SSSR count). The molecule has 2 aromatic carbocycles. The minimum atomic E-state index is -0.214. The summed E-state index contributed by atoms with van der Waals surface area (Å²) in [6, 6.07) is 12.6. The van der Waals surface area contributed by atoms with Gasteiger partial charge in [0.05, 0.1) is 21.3 Å².